The number of halogens is 2. The standard InChI is InChI=1S/C12H8N4O2.C8H6BrNO3.C4H5N3.CH3F/c17-16(18)10-4-2-9(3-5-10)11-8-15-7-1-6-13-12(15)14-11;9-5-8(11)6-1-3-7(4-2-6)10(12)13;5-4-6-2-1-3-7-4;1-2/h1-8H;1-4H,5H2;1-3H,(H2,5,6,7);1H3/i;;;1D. The molecule has 40 heavy (non-hydrogen) atoms. The number of non-ortho nitro benzene ring substituents is 2. The van der Waals surface area contributed by atoms with E-state index in [4.69, 9.17) is 7.10 Å². The number of alkyl halides is 2. The van der Waals surface area contributed by atoms with Crippen LogP contribution in [0.5, 0.6) is 0 Å². The number of ketones is 1. The largest absolute Gasteiger partial charge is 0.368 e. The monoisotopic (exact) mass is 613 g/mol. The van der Waals surface area contributed by atoms with E-state index in [1.807, 2.05) is 18.5 Å². The summed E-state index contributed by atoms with van der Waals surface area (Å²) in [5.74, 6) is 0.836. The van der Waals surface area contributed by atoms with Crippen molar-refractivity contribution in [2.45, 2.75) is 0 Å². The maximum Gasteiger partial charge on any atom is 0.269 e. The summed E-state index contributed by atoms with van der Waals surface area (Å²) in [5, 5.41) is 21.1. The van der Waals surface area contributed by atoms with E-state index in [1.54, 1.807) is 41.2 Å². The first kappa shape index (κ1) is 29.4. The van der Waals surface area contributed by atoms with Gasteiger partial charge in [0, 0.05) is 66.4 Å². The van der Waals surface area contributed by atoms with E-state index in [9.17, 15) is 29.4 Å². The van der Waals surface area contributed by atoms with Crippen LogP contribution in [0.4, 0.5) is 21.7 Å². The number of benzene rings is 2. The highest BCUT2D eigenvalue weighted by Gasteiger charge is 2.09. The topological polar surface area (TPSA) is 185 Å². The van der Waals surface area contributed by atoms with Crippen LogP contribution in [0.15, 0.2) is 91.6 Å². The van der Waals surface area contributed by atoms with Crippen molar-refractivity contribution in [3.63, 3.8) is 0 Å². The molecule has 0 fully saturated rings. The van der Waals surface area contributed by atoms with Gasteiger partial charge < -0.3 is 5.73 Å². The lowest BCUT2D eigenvalue weighted by molar-refractivity contribution is -0.385. The number of nitro groups is 2. The number of aromatic nitrogens is 5. The number of nitrogens with two attached hydrogens (primary N) is 1. The van der Waals surface area contributed by atoms with E-state index in [2.05, 4.69) is 35.9 Å². The van der Waals surface area contributed by atoms with Crippen molar-refractivity contribution in [1.29, 1.82) is 0 Å². The molecule has 15 heteroatoms. The summed E-state index contributed by atoms with van der Waals surface area (Å²) in [5.41, 5.74) is 7.24. The van der Waals surface area contributed by atoms with Crippen molar-refractivity contribution >= 4 is 44.8 Å². The summed E-state index contributed by atoms with van der Waals surface area (Å²) in [6.45, 7) is 0. The molecule has 13 nitrogen and oxygen atoms in total. The highest BCUT2D eigenvalue weighted by Crippen LogP contribution is 2.21. The predicted octanol–water partition coefficient (Wildman–Crippen LogP) is 5.12. The third-order valence-electron chi connectivity index (χ3n) is 4.72. The molecule has 0 radical (unpaired) electrons. The van der Waals surface area contributed by atoms with Crippen LogP contribution in [-0.4, -0.2) is 52.5 Å². The Morgan fingerprint density at radius 1 is 0.975 bits per heavy atom. The normalized spacial score (nSPS) is 9.90. The molecule has 5 aromatic rings. The molecule has 0 aliphatic heterocycles. The lowest BCUT2D eigenvalue weighted by atomic mass is 10.1. The van der Waals surface area contributed by atoms with Gasteiger partial charge in [-0.2, -0.15) is 0 Å². The van der Waals surface area contributed by atoms with Crippen LogP contribution in [0.25, 0.3) is 17.0 Å². The van der Waals surface area contributed by atoms with Crippen LogP contribution in [0, 0.1) is 20.2 Å². The summed E-state index contributed by atoms with van der Waals surface area (Å²) in [7, 11) is -1.00. The third-order valence-corrected chi connectivity index (χ3v) is 5.23. The molecule has 0 atom stereocenters. The first-order chi connectivity index (χ1) is 19.7. The van der Waals surface area contributed by atoms with E-state index in [0.717, 1.165) is 11.3 Å². The van der Waals surface area contributed by atoms with Gasteiger partial charge in [-0.1, -0.05) is 15.9 Å². The fourth-order valence-corrected chi connectivity index (χ4v) is 3.20. The van der Waals surface area contributed by atoms with E-state index < -0.39 is 17.0 Å². The summed E-state index contributed by atoms with van der Waals surface area (Å²) >= 11 is 3.02. The molecule has 0 saturated carbocycles. The molecule has 3 heterocycles. The Hall–Kier alpha value is -5.18. The number of fused-ring (bicyclic) bond motifs is 1. The molecular formula is C25H22BrFN8O5. The zero-order chi connectivity index (χ0) is 30.2. The van der Waals surface area contributed by atoms with Gasteiger partial charge in [0.05, 0.1) is 29.4 Å². The van der Waals surface area contributed by atoms with Gasteiger partial charge in [-0.15, -0.1) is 0 Å². The number of Topliss-reactive ketones (excluding diaryl/α,β-unsaturated/α-hetero) is 1. The minimum Gasteiger partial charge on any atom is -0.368 e. The minimum atomic E-state index is -1.00. The molecule has 0 saturated heterocycles. The average molecular weight is 614 g/mol. The van der Waals surface area contributed by atoms with E-state index in [-0.39, 0.29) is 22.5 Å². The Bertz CT molecular complexity index is 1530. The Balaban J connectivity index is 0.000000223. The molecule has 2 N–H and O–H groups in total. The number of nitrogen functional groups attached to an aromatic ring is 1. The molecule has 5 rings (SSSR count). The number of nitro benzene ring substituents is 2. The second kappa shape index (κ2) is 15.9. The van der Waals surface area contributed by atoms with E-state index in [1.165, 1.54) is 36.4 Å². The fraction of sp³-hybridized carbons (Fsp3) is 0.0800. The van der Waals surface area contributed by atoms with Crippen LogP contribution < -0.4 is 5.73 Å². The van der Waals surface area contributed by atoms with Gasteiger partial charge in [0.2, 0.25) is 11.7 Å². The Labute approximate surface area is 236 Å². The minimum absolute atomic E-state index is 0.00822. The number of carbonyl (C=O) groups is 1. The number of hydrogen-bond donors (Lipinski definition) is 1. The highest BCUT2D eigenvalue weighted by molar-refractivity contribution is 9.09. The van der Waals surface area contributed by atoms with Gasteiger partial charge in [0.15, 0.2) is 5.78 Å². The molecule has 0 amide bonds. The van der Waals surface area contributed by atoms with Crippen molar-refractivity contribution in [2.75, 3.05) is 18.2 Å². The van der Waals surface area contributed by atoms with E-state index in [0.29, 0.717) is 17.3 Å². The van der Waals surface area contributed by atoms with Crippen molar-refractivity contribution in [3.8, 4) is 11.3 Å². The van der Waals surface area contributed by atoms with Crippen LogP contribution in [0.3, 0.4) is 0 Å². The van der Waals surface area contributed by atoms with Gasteiger partial charge in [0.25, 0.3) is 11.4 Å². The summed E-state index contributed by atoms with van der Waals surface area (Å²) in [6.07, 6.45) is 8.56. The van der Waals surface area contributed by atoms with Gasteiger partial charge in [-0.05, 0) is 36.4 Å². The Morgan fingerprint density at radius 3 is 1.95 bits per heavy atom. The maximum absolute atomic E-state index is 11.1. The van der Waals surface area contributed by atoms with Crippen molar-refractivity contribution in [2.24, 2.45) is 0 Å². The second-order valence-corrected chi connectivity index (χ2v) is 7.79. The quantitative estimate of drug-likeness (QED) is 0.121. The number of imidazole rings is 1. The lowest BCUT2D eigenvalue weighted by Crippen LogP contribution is -1.99. The Kier molecular flexibility index (Phi) is 11.7. The van der Waals surface area contributed by atoms with Gasteiger partial charge >= 0.3 is 0 Å². The van der Waals surface area contributed by atoms with Gasteiger partial charge in [-0.3, -0.25) is 33.8 Å². The van der Waals surface area contributed by atoms with Crippen LogP contribution >= 0.6 is 15.9 Å². The average Bonchev–Trinajstić information content (AvgIpc) is 3.43. The van der Waals surface area contributed by atoms with Crippen LogP contribution in [0.1, 0.15) is 11.7 Å². The predicted molar refractivity (Wildman–Crippen MR) is 150 cm³/mol. The third kappa shape index (κ3) is 9.29. The number of anilines is 1. The summed E-state index contributed by atoms with van der Waals surface area (Å²) < 4.78 is 17.3. The highest BCUT2D eigenvalue weighted by atomic mass is 79.9. The molecule has 0 unspecified atom stereocenters. The molecule has 0 aliphatic rings. The SMILES string of the molecule is Nc1ncccn1.O=C(CBr)c1ccc([N+](=O)[O-])cc1.O=[N+]([O-])c1ccc(-c2cn3cccnc3n2)cc1.[2H]CF. The summed E-state index contributed by atoms with van der Waals surface area (Å²) in [4.78, 5) is 46.7. The first-order valence-corrected chi connectivity index (χ1v) is 12.1. The zero-order valence-electron chi connectivity index (χ0n) is 21.6. The number of nitrogens with zero attached hydrogens (tertiary/aromatic N) is 7. The maximum atomic E-state index is 11.1. The number of rotatable bonds is 5. The second-order valence-electron chi connectivity index (χ2n) is 7.22. The zero-order valence-corrected chi connectivity index (χ0v) is 22.2. The van der Waals surface area contributed by atoms with Crippen molar-refractivity contribution in [1.82, 2.24) is 24.3 Å². The fourth-order valence-electron chi connectivity index (χ4n) is 2.88. The summed E-state index contributed by atoms with van der Waals surface area (Å²) in [6, 6.07) is 15.3. The first-order valence-electron chi connectivity index (χ1n) is 11.7. The molecule has 0 aliphatic carbocycles. The number of carbonyl (C=O) groups excluding carboxylic acids is 1. The Morgan fingerprint density at radius 2 is 1.50 bits per heavy atom. The molecule has 206 valence electrons. The molecule has 2 aromatic carbocycles. The smallest absolute Gasteiger partial charge is 0.269 e. The lowest BCUT2D eigenvalue weighted by Gasteiger charge is -1.95. The van der Waals surface area contributed by atoms with Crippen LogP contribution in [0.2, 0.25) is 0 Å². The molecular weight excluding hydrogens is 591 g/mol. The molecule has 3 aromatic heterocycles. The van der Waals surface area contributed by atoms with Crippen LogP contribution in [-0.2, 0) is 0 Å². The van der Waals surface area contributed by atoms with Gasteiger partial charge in [-0.25, -0.2) is 19.9 Å². The number of hydrogen-bond acceptors (Lipinski definition) is 10. The molecule has 0 bridgehead atoms. The van der Waals surface area contributed by atoms with Gasteiger partial charge in [0.1, 0.15) is 0 Å². The van der Waals surface area contributed by atoms with Crippen molar-refractivity contribution in [3.05, 3.63) is 117 Å². The molecule has 0 spiro atoms. The van der Waals surface area contributed by atoms with Crippen molar-refractivity contribution < 1.29 is 20.4 Å². The van der Waals surface area contributed by atoms with E-state index >= 15 is 0 Å².